The monoisotopic (exact) mass is 316 g/mol. The summed E-state index contributed by atoms with van der Waals surface area (Å²) in [4.78, 5) is 0. The normalized spacial score (nSPS) is 18.6. The van der Waals surface area contributed by atoms with Crippen LogP contribution in [0.15, 0.2) is 45.9 Å². The van der Waals surface area contributed by atoms with Gasteiger partial charge in [0.05, 0.1) is 12.7 Å². The van der Waals surface area contributed by atoms with E-state index >= 15 is 0 Å². The molecule has 0 fully saturated rings. The Balaban J connectivity index is 1.97. The van der Waals surface area contributed by atoms with Crippen molar-refractivity contribution in [1.82, 2.24) is 0 Å². The van der Waals surface area contributed by atoms with Crippen molar-refractivity contribution in [3.8, 4) is 0 Å². The fourth-order valence-electron chi connectivity index (χ4n) is 2.81. The third-order valence-electron chi connectivity index (χ3n) is 4.38. The van der Waals surface area contributed by atoms with E-state index in [1.807, 2.05) is 12.1 Å². The Morgan fingerprint density at radius 3 is 2.83 bits per heavy atom. The molecule has 1 N–H and O–H groups in total. The van der Waals surface area contributed by atoms with Crippen LogP contribution in [0.5, 0.6) is 0 Å². The number of aliphatic hydroxyl groups is 1. The Labute approximate surface area is 139 Å². The van der Waals surface area contributed by atoms with Gasteiger partial charge >= 0.3 is 0 Å². The van der Waals surface area contributed by atoms with Gasteiger partial charge in [-0.3, -0.25) is 0 Å². The molecule has 0 amide bonds. The maximum atomic E-state index is 9.07. The highest BCUT2D eigenvalue weighted by atomic mass is 16.5. The first-order valence-corrected chi connectivity index (χ1v) is 8.45. The van der Waals surface area contributed by atoms with Crippen LogP contribution in [0.2, 0.25) is 0 Å². The van der Waals surface area contributed by atoms with Crippen molar-refractivity contribution >= 4 is 6.08 Å². The molecule has 23 heavy (non-hydrogen) atoms. The lowest BCUT2D eigenvalue weighted by Gasteiger charge is -2.19. The van der Waals surface area contributed by atoms with Crippen molar-refractivity contribution in [3.63, 3.8) is 0 Å². The summed E-state index contributed by atoms with van der Waals surface area (Å²) in [5.74, 6) is 1.86. The van der Waals surface area contributed by atoms with Crippen molar-refractivity contribution < 1.29 is 14.3 Å². The Bertz CT molecular complexity index is 590. The van der Waals surface area contributed by atoms with E-state index in [-0.39, 0.29) is 12.7 Å². The highest BCUT2D eigenvalue weighted by molar-refractivity contribution is 5.47. The van der Waals surface area contributed by atoms with Crippen molar-refractivity contribution in [2.75, 3.05) is 6.61 Å². The molecule has 1 aliphatic heterocycles. The summed E-state index contributed by atoms with van der Waals surface area (Å²) in [6.45, 7) is 11.3. The molecule has 0 saturated carbocycles. The number of rotatable bonds is 8. The third kappa shape index (κ3) is 4.69. The second-order valence-corrected chi connectivity index (χ2v) is 6.32. The molecule has 2 heterocycles. The minimum atomic E-state index is -0.0588. The van der Waals surface area contributed by atoms with E-state index in [0.717, 1.165) is 25.0 Å². The molecule has 3 heteroatoms. The van der Waals surface area contributed by atoms with Gasteiger partial charge in [0.2, 0.25) is 0 Å². The number of ether oxygens (including phenoxy) is 1. The van der Waals surface area contributed by atoms with E-state index < -0.39 is 0 Å². The second-order valence-electron chi connectivity index (χ2n) is 6.32. The van der Waals surface area contributed by atoms with Gasteiger partial charge in [-0.1, -0.05) is 39.0 Å². The lowest BCUT2D eigenvalue weighted by Crippen LogP contribution is -2.13. The maximum absolute atomic E-state index is 9.07. The van der Waals surface area contributed by atoms with Gasteiger partial charge < -0.3 is 14.3 Å². The van der Waals surface area contributed by atoms with E-state index in [2.05, 4.69) is 39.5 Å². The summed E-state index contributed by atoms with van der Waals surface area (Å²) in [7, 11) is 0. The number of hydrogen-bond donors (Lipinski definition) is 1. The van der Waals surface area contributed by atoms with Crippen LogP contribution in [0.25, 0.3) is 6.08 Å². The Morgan fingerprint density at radius 1 is 1.43 bits per heavy atom. The van der Waals surface area contributed by atoms with Crippen LogP contribution >= 0.6 is 0 Å². The van der Waals surface area contributed by atoms with Gasteiger partial charge in [-0.25, -0.2) is 0 Å². The number of aliphatic hydroxyl groups excluding tert-OH is 1. The average molecular weight is 316 g/mol. The minimum absolute atomic E-state index is 0.0588. The van der Waals surface area contributed by atoms with Crippen LogP contribution in [-0.2, 0) is 11.3 Å². The third-order valence-corrected chi connectivity index (χ3v) is 4.38. The summed E-state index contributed by atoms with van der Waals surface area (Å²) in [6, 6.07) is 3.71. The molecule has 1 aromatic heterocycles. The van der Waals surface area contributed by atoms with Crippen LogP contribution in [0, 0.1) is 5.92 Å². The highest BCUT2D eigenvalue weighted by Crippen LogP contribution is 2.30. The van der Waals surface area contributed by atoms with Crippen molar-refractivity contribution in [1.29, 1.82) is 0 Å². The molecule has 3 nitrogen and oxygen atoms in total. The van der Waals surface area contributed by atoms with Gasteiger partial charge in [-0.2, -0.15) is 0 Å². The summed E-state index contributed by atoms with van der Waals surface area (Å²) in [5, 5.41) is 9.07. The summed E-state index contributed by atoms with van der Waals surface area (Å²) in [5.41, 5.74) is 3.79. The zero-order chi connectivity index (χ0) is 16.8. The van der Waals surface area contributed by atoms with Crippen molar-refractivity contribution in [2.24, 2.45) is 5.92 Å². The largest absolute Gasteiger partial charge is 0.459 e. The standard InChI is InChI=1S/C20H28O3/c1-5-16(12-17-7-8-18(13-21)23-17)6-9-20-19(10-11-22-20)15(4)14(2)3/h7-8,10,12,14,20-21H,4-6,9,11,13H2,1-3H3/b16-12+. The van der Waals surface area contributed by atoms with E-state index in [1.165, 1.54) is 16.7 Å². The van der Waals surface area contributed by atoms with Gasteiger partial charge in [0, 0.05) is 0 Å². The molecule has 0 aromatic carbocycles. The molecule has 0 radical (unpaired) electrons. The molecular formula is C20H28O3. The molecular weight excluding hydrogens is 288 g/mol. The van der Waals surface area contributed by atoms with E-state index in [9.17, 15) is 0 Å². The molecule has 0 spiro atoms. The van der Waals surface area contributed by atoms with Gasteiger partial charge in [0.1, 0.15) is 18.1 Å². The predicted molar refractivity (Wildman–Crippen MR) is 93.9 cm³/mol. The SMILES string of the molecule is C=C(C1=CCOC1CC/C(=C/c1ccc(CO)o1)CC)C(C)C. The zero-order valence-corrected chi connectivity index (χ0v) is 14.5. The van der Waals surface area contributed by atoms with Gasteiger partial charge in [-0.15, -0.1) is 0 Å². The quantitative estimate of drug-likeness (QED) is 0.743. The molecule has 126 valence electrons. The van der Waals surface area contributed by atoms with E-state index in [1.54, 1.807) is 0 Å². The number of furan rings is 1. The van der Waals surface area contributed by atoms with Gasteiger partial charge in [0.25, 0.3) is 0 Å². The molecule has 2 rings (SSSR count). The lowest BCUT2D eigenvalue weighted by atomic mass is 9.90. The first kappa shape index (κ1) is 17.8. The highest BCUT2D eigenvalue weighted by Gasteiger charge is 2.23. The van der Waals surface area contributed by atoms with Crippen LogP contribution in [0.1, 0.15) is 51.6 Å². The Kier molecular flexibility index (Phi) is 6.43. The lowest BCUT2D eigenvalue weighted by molar-refractivity contribution is 0.116. The molecule has 0 aliphatic carbocycles. The fraction of sp³-hybridized carbons (Fsp3) is 0.500. The maximum Gasteiger partial charge on any atom is 0.130 e. The van der Waals surface area contributed by atoms with Crippen molar-refractivity contribution in [2.45, 2.75) is 52.7 Å². The average Bonchev–Trinajstić information content (AvgIpc) is 3.19. The molecule has 0 bridgehead atoms. The minimum Gasteiger partial charge on any atom is -0.459 e. The summed E-state index contributed by atoms with van der Waals surface area (Å²) >= 11 is 0. The predicted octanol–water partition coefficient (Wildman–Crippen LogP) is 4.88. The van der Waals surface area contributed by atoms with Crippen LogP contribution in [0.4, 0.5) is 0 Å². The van der Waals surface area contributed by atoms with Gasteiger partial charge in [0.15, 0.2) is 0 Å². The molecule has 1 unspecified atom stereocenters. The molecule has 0 saturated heterocycles. The first-order chi connectivity index (χ1) is 11.0. The van der Waals surface area contributed by atoms with E-state index in [4.69, 9.17) is 14.3 Å². The van der Waals surface area contributed by atoms with Gasteiger partial charge in [-0.05, 0) is 54.5 Å². The van der Waals surface area contributed by atoms with Crippen LogP contribution < -0.4 is 0 Å². The van der Waals surface area contributed by atoms with Crippen LogP contribution in [-0.4, -0.2) is 17.8 Å². The molecule has 1 aliphatic rings. The molecule has 1 atom stereocenters. The van der Waals surface area contributed by atoms with E-state index in [0.29, 0.717) is 18.3 Å². The fourth-order valence-corrected chi connectivity index (χ4v) is 2.81. The smallest absolute Gasteiger partial charge is 0.130 e. The number of hydrogen-bond acceptors (Lipinski definition) is 3. The first-order valence-electron chi connectivity index (χ1n) is 8.45. The summed E-state index contributed by atoms with van der Waals surface area (Å²) in [6.07, 6.45) is 7.32. The Hall–Kier alpha value is -1.58. The zero-order valence-electron chi connectivity index (χ0n) is 14.5. The second kappa shape index (κ2) is 8.32. The number of allylic oxidation sites excluding steroid dienone is 1. The topological polar surface area (TPSA) is 42.6 Å². The Morgan fingerprint density at radius 2 is 2.22 bits per heavy atom. The summed E-state index contributed by atoms with van der Waals surface area (Å²) < 4.78 is 11.4. The van der Waals surface area contributed by atoms with Crippen LogP contribution in [0.3, 0.4) is 0 Å². The van der Waals surface area contributed by atoms with Crippen molar-refractivity contribution in [3.05, 3.63) is 53.0 Å². The molecule has 1 aromatic rings.